The number of nitrogens with zero attached hydrogens (tertiary/aromatic N) is 2. The van der Waals surface area contributed by atoms with Gasteiger partial charge >= 0.3 is 5.97 Å². The topological polar surface area (TPSA) is 80.2 Å². The van der Waals surface area contributed by atoms with Gasteiger partial charge in [-0.25, -0.2) is 9.86 Å². The molecule has 2 rings (SSSR count). The van der Waals surface area contributed by atoms with Gasteiger partial charge in [-0.05, 0) is 45.4 Å². The molecule has 0 spiro atoms. The summed E-state index contributed by atoms with van der Waals surface area (Å²) < 4.78 is 4.85. The molecule has 0 aliphatic carbocycles. The zero-order valence-electron chi connectivity index (χ0n) is 14.8. The molecule has 0 unspecified atom stereocenters. The second-order valence-electron chi connectivity index (χ2n) is 6.33. The first kappa shape index (κ1) is 19.2. The summed E-state index contributed by atoms with van der Waals surface area (Å²) in [6, 6.07) is 5.21. The van der Waals surface area contributed by atoms with Crippen molar-refractivity contribution in [3.05, 3.63) is 28.8 Å². The van der Waals surface area contributed by atoms with Crippen molar-refractivity contribution in [2.45, 2.75) is 34.2 Å². The molecule has 25 heavy (non-hydrogen) atoms. The zero-order valence-corrected chi connectivity index (χ0v) is 15.5. The van der Waals surface area contributed by atoms with Crippen molar-refractivity contribution in [2.24, 2.45) is 10.5 Å². The Morgan fingerprint density at radius 3 is 2.76 bits per heavy atom. The molecule has 1 N–H and O–H groups in total. The predicted molar refractivity (Wildman–Crippen MR) is 95.1 cm³/mol. The van der Waals surface area contributed by atoms with Crippen molar-refractivity contribution >= 4 is 34.9 Å². The fourth-order valence-electron chi connectivity index (χ4n) is 2.14. The van der Waals surface area contributed by atoms with Gasteiger partial charge in [0.2, 0.25) is 0 Å². The standard InChI is InChI=1S/C17H22ClN3O4/c1-5-24-15(22)11(2)19-20-13-7-6-12(14(18)8-13)9-21-16(23)17(3,4)10-25-21/h6-8,20H,5,9-10H2,1-4H3. The van der Waals surface area contributed by atoms with Gasteiger partial charge < -0.3 is 4.74 Å². The molecular weight excluding hydrogens is 346 g/mol. The van der Waals surface area contributed by atoms with Gasteiger partial charge in [0.1, 0.15) is 5.71 Å². The number of carbonyl (C=O) groups excluding carboxylic acids is 2. The average Bonchev–Trinajstić information content (AvgIpc) is 2.82. The van der Waals surface area contributed by atoms with Gasteiger partial charge in [0.05, 0.1) is 30.9 Å². The largest absolute Gasteiger partial charge is 0.461 e. The van der Waals surface area contributed by atoms with Crippen molar-refractivity contribution in [2.75, 3.05) is 18.6 Å². The Morgan fingerprint density at radius 1 is 1.48 bits per heavy atom. The molecule has 1 aromatic carbocycles. The van der Waals surface area contributed by atoms with Crippen LogP contribution in [0.1, 0.15) is 33.3 Å². The van der Waals surface area contributed by atoms with Gasteiger partial charge in [0.15, 0.2) is 0 Å². The first-order valence-electron chi connectivity index (χ1n) is 7.95. The van der Waals surface area contributed by atoms with Crippen molar-refractivity contribution in [1.29, 1.82) is 0 Å². The van der Waals surface area contributed by atoms with E-state index in [1.54, 1.807) is 32.0 Å². The average molecular weight is 368 g/mol. The lowest BCUT2D eigenvalue weighted by Gasteiger charge is -2.17. The Kier molecular flexibility index (Phi) is 6.02. The van der Waals surface area contributed by atoms with E-state index in [1.165, 1.54) is 5.06 Å². The Hall–Kier alpha value is -2.12. The molecule has 136 valence electrons. The summed E-state index contributed by atoms with van der Waals surface area (Å²) in [5.74, 6) is -0.551. The molecule has 1 aliphatic rings. The molecule has 0 bridgehead atoms. The summed E-state index contributed by atoms with van der Waals surface area (Å²) >= 11 is 6.28. The molecule has 1 aromatic rings. The minimum Gasteiger partial charge on any atom is -0.461 e. The van der Waals surface area contributed by atoms with Crippen LogP contribution in [0.15, 0.2) is 23.3 Å². The lowest BCUT2D eigenvalue weighted by Crippen LogP contribution is -2.30. The van der Waals surface area contributed by atoms with E-state index in [0.29, 0.717) is 23.9 Å². The smallest absolute Gasteiger partial charge is 0.354 e. The van der Waals surface area contributed by atoms with E-state index < -0.39 is 11.4 Å². The maximum Gasteiger partial charge on any atom is 0.354 e. The fraction of sp³-hybridized carbons (Fsp3) is 0.471. The molecular formula is C17H22ClN3O4. The molecule has 0 atom stereocenters. The summed E-state index contributed by atoms with van der Waals surface area (Å²) in [6.45, 7) is 7.88. The third-order valence-corrected chi connectivity index (χ3v) is 4.03. The molecule has 0 radical (unpaired) electrons. The SMILES string of the molecule is CCOC(=O)C(C)=NNc1ccc(CN2OCC(C)(C)C2=O)c(Cl)c1. The highest BCUT2D eigenvalue weighted by atomic mass is 35.5. The highest BCUT2D eigenvalue weighted by Crippen LogP contribution is 2.30. The van der Waals surface area contributed by atoms with Crippen LogP contribution in [0.3, 0.4) is 0 Å². The number of benzene rings is 1. The number of amides is 1. The van der Waals surface area contributed by atoms with E-state index in [-0.39, 0.29) is 18.2 Å². The van der Waals surface area contributed by atoms with Gasteiger partial charge in [-0.1, -0.05) is 17.7 Å². The van der Waals surface area contributed by atoms with Crippen LogP contribution in [0.25, 0.3) is 0 Å². The molecule has 8 heteroatoms. The Bertz CT molecular complexity index is 703. The molecule has 1 aliphatic heterocycles. The first-order chi connectivity index (χ1) is 11.7. The summed E-state index contributed by atoms with van der Waals surface area (Å²) in [4.78, 5) is 29.1. The molecule has 1 saturated heterocycles. The van der Waals surface area contributed by atoms with Gasteiger partial charge in [-0.2, -0.15) is 5.10 Å². The van der Waals surface area contributed by atoms with Gasteiger partial charge in [-0.3, -0.25) is 15.1 Å². The predicted octanol–water partition coefficient (Wildman–Crippen LogP) is 2.99. The highest BCUT2D eigenvalue weighted by molar-refractivity contribution is 6.35. The molecule has 0 saturated carbocycles. The minimum absolute atomic E-state index is 0.0690. The second kappa shape index (κ2) is 7.84. The number of nitrogens with one attached hydrogen (secondary N) is 1. The van der Waals surface area contributed by atoms with E-state index in [9.17, 15) is 9.59 Å². The molecule has 1 amide bonds. The Labute approximate surface area is 151 Å². The van der Waals surface area contributed by atoms with E-state index in [4.69, 9.17) is 21.2 Å². The van der Waals surface area contributed by atoms with Crippen LogP contribution in [-0.4, -0.2) is 35.9 Å². The Balaban J connectivity index is 2.02. The van der Waals surface area contributed by atoms with Crippen molar-refractivity contribution in [1.82, 2.24) is 5.06 Å². The van der Waals surface area contributed by atoms with Gasteiger partial charge in [0.25, 0.3) is 5.91 Å². The van der Waals surface area contributed by atoms with Crippen LogP contribution in [0.5, 0.6) is 0 Å². The van der Waals surface area contributed by atoms with E-state index in [2.05, 4.69) is 10.5 Å². The van der Waals surface area contributed by atoms with E-state index in [0.717, 1.165) is 5.56 Å². The summed E-state index contributed by atoms with van der Waals surface area (Å²) in [5.41, 5.74) is 3.82. The maximum absolute atomic E-state index is 12.2. The number of hydrogen-bond acceptors (Lipinski definition) is 6. The van der Waals surface area contributed by atoms with Crippen LogP contribution in [0.2, 0.25) is 5.02 Å². The monoisotopic (exact) mass is 367 g/mol. The number of hydroxylamine groups is 2. The van der Waals surface area contributed by atoms with Gasteiger partial charge in [0, 0.05) is 5.02 Å². The van der Waals surface area contributed by atoms with Gasteiger partial charge in [-0.15, -0.1) is 0 Å². The second-order valence-corrected chi connectivity index (χ2v) is 6.74. The normalized spacial score (nSPS) is 16.9. The number of halogens is 1. The number of hydrazone groups is 1. The third-order valence-electron chi connectivity index (χ3n) is 3.68. The molecule has 1 heterocycles. The van der Waals surface area contributed by atoms with Crippen LogP contribution < -0.4 is 5.43 Å². The molecule has 0 aromatic heterocycles. The Morgan fingerprint density at radius 2 is 2.20 bits per heavy atom. The summed E-state index contributed by atoms with van der Waals surface area (Å²) in [5, 5.41) is 5.76. The zero-order chi connectivity index (χ0) is 18.6. The summed E-state index contributed by atoms with van der Waals surface area (Å²) in [7, 11) is 0. The first-order valence-corrected chi connectivity index (χ1v) is 8.33. The van der Waals surface area contributed by atoms with Crippen molar-refractivity contribution in [3.8, 4) is 0 Å². The number of rotatable bonds is 6. The molecule has 1 fully saturated rings. The molecule has 7 nitrogen and oxygen atoms in total. The number of hydrogen-bond donors (Lipinski definition) is 1. The number of carbonyl (C=O) groups is 2. The lowest BCUT2D eigenvalue weighted by atomic mass is 9.95. The third kappa shape index (κ3) is 4.70. The quantitative estimate of drug-likeness (QED) is 0.475. The van der Waals surface area contributed by atoms with Crippen molar-refractivity contribution in [3.63, 3.8) is 0 Å². The number of ether oxygens (including phenoxy) is 1. The number of esters is 1. The van der Waals surface area contributed by atoms with Crippen LogP contribution >= 0.6 is 11.6 Å². The lowest BCUT2D eigenvalue weighted by molar-refractivity contribution is -0.165. The van der Waals surface area contributed by atoms with E-state index in [1.807, 2.05) is 13.8 Å². The van der Waals surface area contributed by atoms with E-state index >= 15 is 0 Å². The highest BCUT2D eigenvalue weighted by Gasteiger charge is 2.40. The maximum atomic E-state index is 12.2. The van der Waals surface area contributed by atoms with Crippen molar-refractivity contribution < 1.29 is 19.2 Å². The number of anilines is 1. The van der Waals surface area contributed by atoms with Crippen LogP contribution in [0.4, 0.5) is 5.69 Å². The minimum atomic E-state index is -0.521. The van der Waals surface area contributed by atoms with Crippen LogP contribution in [0, 0.1) is 5.41 Å². The van der Waals surface area contributed by atoms with Crippen LogP contribution in [-0.2, 0) is 25.7 Å². The fourth-order valence-corrected chi connectivity index (χ4v) is 2.38. The summed E-state index contributed by atoms with van der Waals surface area (Å²) in [6.07, 6.45) is 0.